The van der Waals surface area contributed by atoms with E-state index in [-0.39, 0.29) is 22.5 Å². The number of aryl methyl sites for hydroxylation is 2. The van der Waals surface area contributed by atoms with Gasteiger partial charge >= 0.3 is 5.69 Å². The Bertz CT molecular complexity index is 646. The summed E-state index contributed by atoms with van der Waals surface area (Å²) in [6, 6.07) is 0. The molecule has 2 aromatic rings. The number of nitrogens with zero attached hydrogens (tertiary/aromatic N) is 4. The predicted molar refractivity (Wildman–Crippen MR) is 77.5 cm³/mol. The largest absolute Gasteiger partial charge is 0.364 e. The summed E-state index contributed by atoms with van der Waals surface area (Å²) in [6.45, 7) is 3.94. The molecule has 0 saturated carbocycles. The summed E-state index contributed by atoms with van der Waals surface area (Å²) in [4.78, 5) is 22.5. The van der Waals surface area contributed by atoms with Crippen LogP contribution in [0.4, 0.5) is 11.5 Å². The molecule has 0 radical (unpaired) electrons. The molecule has 0 fully saturated rings. The van der Waals surface area contributed by atoms with Crippen LogP contribution in [0.15, 0.2) is 5.38 Å². The van der Waals surface area contributed by atoms with Gasteiger partial charge in [0.15, 0.2) is 0 Å². The highest BCUT2D eigenvalue weighted by atomic mass is 35.5. The number of aromatic nitrogens is 3. The fourth-order valence-electron chi connectivity index (χ4n) is 1.71. The van der Waals surface area contributed by atoms with Gasteiger partial charge in [-0.3, -0.25) is 10.1 Å². The zero-order valence-electron chi connectivity index (χ0n) is 10.9. The van der Waals surface area contributed by atoms with E-state index in [1.807, 2.05) is 12.3 Å². The molecule has 0 aliphatic carbocycles. The zero-order chi connectivity index (χ0) is 14.7. The standard InChI is InChI=1S/C11H12ClN5O2S/c1-6-9(17(18)19)10(16-11(12)14-6)13-4-3-8-5-20-7(2)15-8/h5H,3-4H2,1-2H3,(H,13,14,16). The van der Waals surface area contributed by atoms with Gasteiger partial charge < -0.3 is 5.32 Å². The minimum Gasteiger partial charge on any atom is -0.364 e. The van der Waals surface area contributed by atoms with Crippen molar-refractivity contribution in [3.63, 3.8) is 0 Å². The highest BCUT2D eigenvalue weighted by molar-refractivity contribution is 7.09. The van der Waals surface area contributed by atoms with E-state index in [4.69, 9.17) is 11.6 Å². The fourth-order valence-corrected chi connectivity index (χ4v) is 2.57. The zero-order valence-corrected chi connectivity index (χ0v) is 12.5. The van der Waals surface area contributed by atoms with Gasteiger partial charge in [0.05, 0.1) is 15.6 Å². The number of hydrogen-bond donors (Lipinski definition) is 1. The molecule has 0 bridgehead atoms. The number of nitrogens with one attached hydrogen (secondary N) is 1. The molecule has 1 N–H and O–H groups in total. The van der Waals surface area contributed by atoms with Crippen molar-refractivity contribution < 1.29 is 4.92 Å². The van der Waals surface area contributed by atoms with Gasteiger partial charge in [-0.2, -0.15) is 4.98 Å². The minimum absolute atomic E-state index is 0.0138. The second kappa shape index (κ2) is 6.10. The normalized spacial score (nSPS) is 10.6. The Morgan fingerprint density at radius 2 is 2.15 bits per heavy atom. The van der Waals surface area contributed by atoms with Crippen LogP contribution < -0.4 is 5.32 Å². The third-order valence-corrected chi connectivity index (χ3v) is 3.55. The van der Waals surface area contributed by atoms with Crippen molar-refractivity contribution in [2.75, 3.05) is 11.9 Å². The van der Waals surface area contributed by atoms with Crippen molar-refractivity contribution in [1.29, 1.82) is 0 Å². The Morgan fingerprint density at radius 3 is 2.75 bits per heavy atom. The third kappa shape index (κ3) is 3.40. The van der Waals surface area contributed by atoms with E-state index in [0.29, 0.717) is 13.0 Å². The molecular weight excluding hydrogens is 302 g/mol. The smallest absolute Gasteiger partial charge is 0.332 e. The van der Waals surface area contributed by atoms with Gasteiger partial charge in [-0.25, -0.2) is 9.97 Å². The molecule has 2 heterocycles. The molecule has 20 heavy (non-hydrogen) atoms. The van der Waals surface area contributed by atoms with Crippen molar-refractivity contribution >= 4 is 34.4 Å². The number of anilines is 1. The van der Waals surface area contributed by atoms with Gasteiger partial charge in [0.25, 0.3) is 0 Å². The number of halogens is 1. The lowest BCUT2D eigenvalue weighted by atomic mass is 10.3. The molecule has 0 aliphatic rings. The molecule has 0 unspecified atom stereocenters. The van der Waals surface area contributed by atoms with Crippen LogP contribution in [0.3, 0.4) is 0 Å². The van der Waals surface area contributed by atoms with Crippen molar-refractivity contribution in [1.82, 2.24) is 15.0 Å². The van der Waals surface area contributed by atoms with Crippen LogP contribution in [0.25, 0.3) is 0 Å². The van der Waals surface area contributed by atoms with Crippen LogP contribution in [-0.4, -0.2) is 26.4 Å². The predicted octanol–water partition coefficient (Wildman–Crippen LogP) is 2.77. The first-order valence-electron chi connectivity index (χ1n) is 5.80. The summed E-state index contributed by atoms with van der Waals surface area (Å²) in [5.41, 5.74) is 1.03. The average molecular weight is 314 g/mol. The second-order valence-corrected chi connectivity index (χ2v) is 5.47. The van der Waals surface area contributed by atoms with Gasteiger partial charge in [-0.1, -0.05) is 0 Å². The molecule has 0 amide bonds. The molecule has 0 aliphatic heterocycles. The maximum Gasteiger partial charge on any atom is 0.332 e. The van der Waals surface area contributed by atoms with Crippen molar-refractivity contribution in [2.45, 2.75) is 20.3 Å². The van der Waals surface area contributed by atoms with Crippen molar-refractivity contribution in [2.24, 2.45) is 0 Å². The summed E-state index contributed by atoms with van der Waals surface area (Å²) in [5, 5.41) is 16.9. The molecule has 2 rings (SSSR count). The van der Waals surface area contributed by atoms with Crippen molar-refractivity contribution in [3.05, 3.63) is 37.2 Å². The van der Waals surface area contributed by atoms with E-state index in [0.717, 1.165) is 10.7 Å². The van der Waals surface area contributed by atoms with Crippen LogP contribution >= 0.6 is 22.9 Å². The Morgan fingerprint density at radius 1 is 1.40 bits per heavy atom. The highest BCUT2D eigenvalue weighted by Crippen LogP contribution is 2.26. The van der Waals surface area contributed by atoms with E-state index in [9.17, 15) is 10.1 Å². The van der Waals surface area contributed by atoms with Gasteiger partial charge in [0.2, 0.25) is 11.1 Å². The molecule has 0 aromatic carbocycles. The summed E-state index contributed by atoms with van der Waals surface area (Å²) in [7, 11) is 0. The molecule has 9 heteroatoms. The second-order valence-electron chi connectivity index (χ2n) is 4.07. The first kappa shape index (κ1) is 14.6. The summed E-state index contributed by atoms with van der Waals surface area (Å²) < 4.78 is 0. The van der Waals surface area contributed by atoms with Gasteiger partial charge in [-0.05, 0) is 25.4 Å². The van der Waals surface area contributed by atoms with E-state index >= 15 is 0 Å². The lowest BCUT2D eigenvalue weighted by Crippen LogP contribution is -2.10. The van der Waals surface area contributed by atoms with E-state index < -0.39 is 4.92 Å². The van der Waals surface area contributed by atoms with Crippen LogP contribution in [0.2, 0.25) is 5.28 Å². The molecule has 2 aromatic heterocycles. The monoisotopic (exact) mass is 313 g/mol. The topological polar surface area (TPSA) is 93.8 Å². The molecule has 0 spiro atoms. The Balaban J connectivity index is 2.10. The van der Waals surface area contributed by atoms with E-state index in [1.165, 1.54) is 6.92 Å². The van der Waals surface area contributed by atoms with E-state index in [2.05, 4.69) is 20.3 Å². The quantitative estimate of drug-likeness (QED) is 0.518. The van der Waals surface area contributed by atoms with Gasteiger partial charge in [0.1, 0.15) is 5.69 Å². The van der Waals surface area contributed by atoms with Crippen LogP contribution in [0.1, 0.15) is 16.4 Å². The molecule has 0 atom stereocenters. The number of rotatable bonds is 5. The first-order valence-corrected chi connectivity index (χ1v) is 7.06. The summed E-state index contributed by atoms with van der Waals surface area (Å²) in [6.07, 6.45) is 0.655. The minimum atomic E-state index is -0.513. The van der Waals surface area contributed by atoms with Gasteiger partial charge in [-0.15, -0.1) is 11.3 Å². The number of hydrogen-bond acceptors (Lipinski definition) is 7. The Kier molecular flexibility index (Phi) is 4.46. The van der Waals surface area contributed by atoms with Crippen LogP contribution in [0.5, 0.6) is 0 Å². The molecule has 0 saturated heterocycles. The Labute approximate surface area is 124 Å². The van der Waals surface area contributed by atoms with E-state index in [1.54, 1.807) is 11.3 Å². The fraction of sp³-hybridized carbons (Fsp3) is 0.364. The maximum absolute atomic E-state index is 11.0. The maximum atomic E-state index is 11.0. The lowest BCUT2D eigenvalue weighted by Gasteiger charge is -2.06. The SMILES string of the molecule is Cc1nc(CCNc2nc(Cl)nc(C)c2[N+](=O)[O-])cs1. The molecular formula is C11H12ClN5O2S. The van der Waals surface area contributed by atoms with Crippen LogP contribution in [-0.2, 0) is 6.42 Å². The molecule has 106 valence electrons. The highest BCUT2D eigenvalue weighted by Gasteiger charge is 2.21. The first-order chi connectivity index (χ1) is 9.47. The number of thiazole rings is 1. The third-order valence-electron chi connectivity index (χ3n) is 2.55. The van der Waals surface area contributed by atoms with Crippen molar-refractivity contribution in [3.8, 4) is 0 Å². The lowest BCUT2D eigenvalue weighted by molar-refractivity contribution is -0.385. The average Bonchev–Trinajstić information content (AvgIpc) is 2.73. The molecule has 7 nitrogen and oxygen atoms in total. The Hall–Kier alpha value is -1.80. The van der Waals surface area contributed by atoms with Crippen LogP contribution in [0, 0.1) is 24.0 Å². The van der Waals surface area contributed by atoms with Gasteiger partial charge in [0, 0.05) is 18.3 Å². The summed E-state index contributed by atoms with van der Waals surface area (Å²) in [5.74, 6) is 0.138. The number of nitro groups is 1. The summed E-state index contributed by atoms with van der Waals surface area (Å²) >= 11 is 7.30.